The summed E-state index contributed by atoms with van der Waals surface area (Å²) in [7, 11) is -5.84. The topological polar surface area (TPSA) is 294 Å². The van der Waals surface area contributed by atoms with Gasteiger partial charge in [0, 0.05) is 72.1 Å². The third-order valence-electron chi connectivity index (χ3n) is 16.7. The number of aliphatic hydroxyl groups excluding tert-OH is 1. The van der Waals surface area contributed by atoms with Crippen LogP contribution < -0.4 is 26.2 Å². The van der Waals surface area contributed by atoms with Crippen molar-refractivity contribution in [2.75, 3.05) is 37.6 Å². The first kappa shape index (κ1) is 71.1. The second-order valence-corrected chi connectivity index (χ2v) is 29.6. The smallest absolute Gasteiger partial charge is 0.391 e. The van der Waals surface area contributed by atoms with Gasteiger partial charge in [-0.15, -0.1) is 22.7 Å². The molecule has 3 aromatic carbocycles. The lowest BCUT2D eigenvalue weighted by Gasteiger charge is -2.36. The molecule has 0 aliphatic carbocycles. The zero-order valence-electron chi connectivity index (χ0n) is 52.6. The number of thiazole rings is 1. The molecule has 8 rings (SSSR count). The predicted molar refractivity (Wildman–Crippen MR) is 351 cm³/mol. The number of hydrogen-bond acceptors (Lipinski definition) is 14. The number of thiophene rings is 1. The fourth-order valence-electron chi connectivity index (χ4n) is 11.7. The summed E-state index contributed by atoms with van der Waals surface area (Å²) in [6.07, 6.45) is 4.74. The van der Waals surface area contributed by atoms with Crippen LogP contribution >= 0.6 is 46.2 Å². The number of carbonyl (C=O) groups is 7. The lowest BCUT2D eigenvalue weighted by atomic mass is 9.85. The van der Waals surface area contributed by atoms with Gasteiger partial charge in [0.2, 0.25) is 35.4 Å². The first-order chi connectivity index (χ1) is 43.5. The number of unbranched alkanes of at least 4 members (excludes halogenated alkanes) is 5. The maximum absolute atomic E-state index is 14.7. The highest BCUT2D eigenvalue weighted by Crippen LogP contribution is 2.59. The fraction of sp³-hybridized carbons (Fsp3) is 0.492. The van der Waals surface area contributed by atoms with E-state index in [-0.39, 0.29) is 72.8 Å². The molecule has 3 aromatic heterocycles. The van der Waals surface area contributed by atoms with Gasteiger partial charge in [-0.3, -0.25) is 38.1 Å². The Hall–Kier alpha value is -6.80. The van der Waals surface area contributed by atoms with Crippen molar-refractivity contribution in [3.63, 3.8) is 0 Å². The molecule has 496 valence electrons. The number of likely N-dealkylation sites (tertiary alicyclic amines) is 2. The molecule has 2 aliphatic heterocycles. The molecule has 27 heteroatoms. The van der Waals surface area contributed by atoms with Crippen molar-refractivity contribution >= 4 is 103 Å². The molecule has 2 fully saturated rings. The number of nitrogens with one attached hydrogen (secondary N) is 4. The molecule has 21 nitrogen and oxygen atoms in total. The van der Waals surface area contributed by atoms with Crippen molar-refractivity contribution in [3.05, 3.63) is 122 Å². The number of aliphatic hydroxyl groups is 1. The van der Waals surface area contributed by atoms with Gasteiger partial charge in [0.25, 0.3) is 5.91 Å². The van der Waals surface area contributed by atoms with Crippen molar-refractivity contribution in [1.29, 1.82) is 0 Å². The molecule has 7 amide bonds. The molecule has 2 aliphatic rings. The quantitative estimate of drug-likeness (QED) is 0.0178. The van der Waals surface area contributed by atoms with Crippen LogP contribution in [0.15, 0.2) is 93.4 Å². The Morgan fingerprint density at radius 3 is 2.11 bits per heavy atom. The van der Waals surface area contributed by atoms with E-state index in [4.69, 9.17) is 4.52 Å². The van der Waals surface area contributed by atoms with E-state index < -0.39 is 84.1 Å². The van der Waals surface area contributed by atoms with Gasteiger partial charge in [0.05, 0.1) is 45.2 Å². The summed E-state index contributed by atoms with van der Waals surface area (Å²) in [5.41, 5.74) is -0.777. The van der Waals surface area contributed by atoms with E-state index in [1.54, 1.807) is 63.5 Å². The molecule has 92 heavy (non-hydrogen) atoms. The average Bonchev–Trinajstić information content (AvgIpc) is 1.80. The van der Waals surface area contributed by atoms with Gasteiger partial charge >= 0.3 is 13.3 Å². The molecule has 6 atom stereocenters. The van der Waals surface area contributed by atoms with Crippen molar-refractivity contribution in [2.24, 2.45) is 11.3 Å². The van der Waals surface area contributed by atoms with Crippen LogP contribution in [0.1, 0.15) is 155 Å². The molecule has 5 heterocycles. The van der Waals surface area contributed by atoms with Gasteiger partial charge in [-0.25, -0.2) is 4.98 Å². The van der Waals surface area contributed by atoms with Gasteiger partial charge < -0.3 is 55.4 Å². The molecule has 0 radical (unpaired) electrons. The number of alkyl halides is 2. The molecule has 0 unspecified atom stereocenters. The summed E-state index contributed by atoms with van der Waals surface area (Å²) in [6, 6.07) is 16.9. The van der Waals surface area contributed by atoms with Gasteiger partial charge in [-0.1, -0.05) is 112 Å². The Morgan fingerprint density at radius 1 is 0.837 bits per heavy atom. The van der Waals surface area contributed by atoms with E-state index >= 15 is 0 Å². The van der Waals surface area contributed by atoms with Gasteiger partial charge in [0.15, 0.2) is 0 Å². The van der Waals surface area contributed by atoms with E-state index in [1.807, 2.05) is 45.0 Å². The summed E-state index contributed by atoms with van der Waals surface area (Å²) in [5.74, 6) is -3.46. The predicted octanol–water partition coefficient (Wildman–Crippen LogP) is 10.4. The summed E-state index contributed by atoms with van der Waals surface area (Å²) in [6.45, 7) is 13.8. The minimum atomic E-state index is -5.84. The molecule has 6 aromatic rings. The molecular formula is C65H81BrF2N9O12PS2. The Kier molecular flexibility index (Phi) is 23.9. The lowest BCUT2D eigenvalue weighted by Crippen LogP contribution is -2.58. The van der Waals surface area contributed by atoms with Gasteiger partial charge in [-0.05, 0) is 110 Å². The number of β-amino-alcohol motifs (C(OH)–C–C–N with tert-alkyl or cyclic N) is 1. The maximum Gasteiger partial charge on any atom is 0.399 e. The second-order valence-electron chi connectivity index (χ2n) is 25.1. The Bertz CT molecular complexity index is 3650. The SMILES string of the molecule is Cc1cc([C@H](C(=O)N2C[C@H](O)C[C@H]2C(=O)N[C@@H](CC(=O)NCCCCCCCCNC(=O)CCN(C(=O)[C@@H]2CCCN2C(=O)[C@@H](NC(=O)c2cc3cc(C(F)(F)P(=O)(O)O)ccc3s2)C(C)(C)C)c2ccc(Br)cc2)c2ccc(-c3scnc3C)cc2)C(C)C)on1. The number of fused-ring (bicyclic) bond motifs is 1. The van der Waals surface area contributed by atoms with E-state index in [2.05, 4.69) is 47.3 Å². The van der Waals surface area contributed by atoms with Crippen LogP contribution in [0.5, 0.6) is 0 Å². The maximum atomic E-state index is 14.7. The number of halogens is 3. The number of amides is 7. The lowest BCUT2D eigenvalue weighted by molar-refractivity contribution is -0.141. The normalized spacial score (nSPS) is 17.2. The van der Waals surface area contributed by atoms with Gasteiger partial charge in [-0.2, -0.15) is 8.78 Å². The van der Waals surface area contributed by atoms with Gasteiger partial charge in [0.1, 0.15) is 29.8 Å². The van der Waals surface area contributed by atoms with Crippen LogP contribution in [0.3, 0.4) is 0 Å². The molecule has 0 bridgehead atoms. The highest BCUT2D eigenvalue weighted by atomic mass is 79.9. The van der Waals surface area contributed by atoms with Crippen LogP contribution in [-0.2, 0) is 39.0 Å². The van der Waals surface area contributed by atoms with Crippen LogP contribution in [0.25, 0.3) is 20.5 Å². The standard InChI is InChI=1S/C65H81BrF2N9O12PS2/c1-38(2)56(51-31-39(3)74-89-51)62(84)77-36-47(78)34-50(77)59(81)72-48(41-16-18-42(19-17-41)57-40(4)71-37-91-57)35-55(80)70-28-13-11-9-8-10-12-27-69-54(79)26-30-75(46-23-21-45(66)22-24-46)61(83)49-15-14-29-76(49)63(85)58(64(5,6)7)73-60(82)53-33-43-32-44(20-25-52(43)92-53)65(67,68)90(86,87)88/h16-25,31-33,37-38,47-50,56,58,78H,8-15,26-30,34-36H2,1-7H3,(H,69,79)(H,70,80)(H,72,81)(H,73,82)(H2,86,87,88)/t47-,48+,49+,50+,56-,58-/m1/s1. The number of benzene rings is 3. The van der Waals surface area contributed by atoms with Crippen LogP contribution in [0, 0.1) is 25.2 Å². The van der Waals surface area contributed by atoms with E-state index in [0.29, 0.717) is 66.2 Å². The number of aryl methyl sites for hydroxylation is 2. The monoisotopic (exact) mass is 1390 g/mol. The zero-order chi connectivity index (χ0) is 66.8. The van der Waals surface area contributed by atoms with Crippen LogP contribution in [0.4, 0.5) is 14.5 Å². The number of hydrogen-bond donors (Lipinski definition) is 7. The number of carbonyl (C=O) groups excluding carboxylic acids is 7. The number of nitrogens with zero attached hydrogens (tertiary/aromatic N) is 5. The molecule has 7 N–H and O–H groups in total. The van der Waals surface area contributed by atoms with Crippen LogP contribution in [0.2, 0.25) is 0 Å². The Morgan fingerprint density at radius 2 is 1.50 bits per heavy atom. The Labute approximate surface area is 550 Å². The number of anilines is 1. The minimum Gasteiger partial charge on any atom is -0.391 e. The highest BCUT2D eigenvalue weighted by molar-refractivity contribution is 9.10. The zero-order valence-corrected chi connectivity index (χ0v) is 56.7. The molecular weight excluding hydrogens is 1310 g/mol. The summed E-state index contributed by atoms with van der Waals surface area (Å²) in [4.78, 5) is 127. The number of aromatic nitrogens is 2. The summed E-state index contributed by atoms with van der Waals surface area (Å²) in [5, 5.41) is 26.8. The van der Waals surface area contributed by atoms with E-state index in [0.717, 1.165) is 69.8 Å². The second kappa shape index (κ2) is 31.0. The van der Waals surface area contributed by atoms with Crippen LogP contribution in [-0.4, -0.2) is 133 Å². The first-order valence-corrected chi connectivity index (χ1v) is 35.0. The molecule has 0 spiro atoms. The molecule has 2 saturated heterocycles. The van der Waals surface area contributed by atoms with Crippen molar-refractivity contribution in [1.82, 2.24) is 41.2 Å². The first-order valence-electron chi connectivity index (χ1n) is 30.9. The van der Waals surface area contributed by atoms with E-state index in [1.165, 1.54) is 38.2 Å². The Balaban J connectivity index is 0.791. The van der Waals surface area contributed by atoms with Crippen molar-refractivity contribution in [3.8, 4) is 10.4 Å². The average molecular weight is 1390 g/mol. The minimum absolute atomic E-state index is 0.0158. The third kappa shape index (κ3) is 17.7. The summed E-state index contributed by atoms with van der Waals surface area (Å²) >= 11 is 5.92. The van der Waals surface area contributed by atoms with Crippen molar-refractivity contribution < 1.29 is 66.3 Å². The van der Waals surface area contributed by atoms with E-state index in [9.17, 15) is 61.8 Å². The summed E-state index contributed by atoms with van der Waals surface area (Å²) < 4.78 is 47.4. The fourth-order valence-corrected chi connectivity index (χ4v) is 14.2. The van der Waals surface area contributed by atoms with Crippen molar-refractivity contribution in [2.45, 2.75) is 161 Å². The highest BCUT2D eigenvalue weighted by Gasteiger charge is 2.51. The molecule has 0 saturated carbocycles. The number of rotatable bonds is 28. The largest absolute Gasteiger partial charge is 0.399 e. The third-order valence-corrected chi connectivity index (χ3v) is 20.3.